The maximum Gasteiger partial charge on any atom is 0.279 e. The lowest BCUT2D eigenvalue weighted by Gasteiger charge is -2.32. The number of piperidine rings is 1. The molecule has 1 aliphatic rings. The molecule has 1 saturated heterocycles. The molecule has 3 aromatic rings. The Bertz CT molecular complexity index is 1290. The average molecular weight is 488 g/mol. The lowest BCUT2D eigenvalue weighted by Crippen LogP contribution is -2.41. The fourth-order valence-electron chi connectivity index (χ4n) is 4.11. The van der Waals surface area contributed by atoms with E-state index in [9.17, 15) is 13.2 Å². The summed E-state index contributed by atoms with van der Waals surface area (Å²) in [7, 11) is -3.57. The van der Waals surface area contributed by atoms with Crippen molar-refractivity contribution in [2.24, 2.45) is 4.99 Å². The van der Waals surface area contributed by atoms with Crippen molar-refractivity contribution in [3.63, 3.8) is 0 Å². The summed E-state index contributed by atoms with van der Waals surface area (Å²) in [5, 5.41) is 0. The van der Waals surface area contributed by atoms with E-state index in [4.69, 9.17) is 4.74 Å². The first-order valence-corrected chi connectivity index (χ1v) is 13.5. The normalized spacial score (nSPS) is 18.1. The van der Waals surface area contributed by atoms with Crippen molar-refractivity contribution >= 4 is 37.5 Å². The number of ether oxygens (including phenoxy) is 1. The molecule has 1 amide bonds. The van der Waals surface area contributed by atoms with Crippen LogP contribution in [0.25, 0.3) is 10.2 Å². The van der Waals surface area contributed by atoms with Crippen molar-refractivity contribution in [3.05, 3.63) is 58.9 Å². The van der Waals surface area contributed by atoms with E-state index < -0.39 is 15.9 Å². The third-order valence-corrected chi connectivity index (χ3v) is 8.99. The molecule has 0 N–H and O–H groups in total. The number of carbonyl (C=O) groups excluding carboxylic acids is 1. The van der Waals surface area contributed by atoms with Gasteiger partial charge < -0.3 is 9.30 Å². The van der Waals surface area contributed by atoms with Crippen molar-refractivity contribution < 1.29 is 17.9 Å². The summed E-state index contributed by atoms with van der Waals surface area (Å²) in [5.41, 5.74) is 1.36. The Hall–Kier alpha value is -2.33. The van der Waals surface area contributed by atoms with Gasteiger partial charge in [0.25, 0.3) is 5.91 Å². The quantitative estimate of drug-likeness (QED) is 0.471. The Balaban J connectivity index is 1.61. The molecule has 2 heterocycles. The zero-order valence-corrected chi connectivity index (χ0v) is 20.6. The van der Waals surface area contributed by atoms with E-state index in [0.29, 0.717) is 36.7 Å². The number of hydrogen-bond acceptors (Lipinski definition) is 5. The van der Waals surface area contributed by atoms with Crippen molar-refractivity contribution in [1.29, 1.82) is 0 Å². The van der Waals surface area contributed by atoms with Gasteiger partial charge in [-0.2, -0.15) is 9.30 Å². The number of hydrogen-bond donors (Lipinski definition) is 0. The van der Waals surface area contributed by atoms with E-state index in [1.807, 2.05) is 42.7 Å². The predicted octanol–water partition coefficient (Wildman–Crippen LogP) is 4.04. The third kappa shape index (κ3) is 5.11. The van der Waals surface area contributed by atoms with Gasteiger partial charge in [0.05, 0.1) is 21.7 Å². The second-order valence-electron chi connectivity index (χ2n) is 8.10. The number of benzene rings is 2. The molecule has 0 unspecified atom stereocenters. The lowest BCUT2D eigenvalue weighted by molar-refractivity contribution is 0.0996. The molecule has 0 aliphatic carbocycles. The molecule has 1 aliphatic heterocycles. The highest BCUT2D eigenvalue weighted by Crippen LogP contribution is 2.25. The number of aromatic nitrogens is 1. The van der Waals surface area contributed by atoms with Crippen molar-refractivity contribution in [2.45, 2.75) is 50.6 Å². The van der Waals surface area contributed by atoms with E-state index in [-0.39, 0.29) is 10.9 Å². The highest BCUT2D eigenvalue weighted by atomic mass is 32.2. The number of amides is 1. The molecular weight excluding hydrogens is 458 g/mol. The SMILES string of the molecule is CCOCCn1c(=NC(=O)c2ccc(S(=O)(=O)N3CCCC[C@H]3C)cc2)sc2ccccc21. The minimum Gasteiger partial charge on any atom is -0.380 e. The summed E-state index contributed by atoms with van der Waals surface area (Å²) in [6, 6.07) is 14.0. The average Bonchev–Trinajstić information content (AvgIpc) is 3.16. The molecular formula is C24H29N3O4S2. The number of para-hydroxylation sites is 1. The molecule has 7 nitrogen and oxygen atoms in total. The molecule has 1 atom stereocenters. The molecule has 0 radical (unpaired) electrons. The fraction of sp³-hybridized carbons (Fsp3) is 0.417. The van der Waals surface area contributed by atoms with E-state index in [0.717, 1.165) is 29.5 Å². The number of nitrogens with zero attached hydrogens (tertiary/aromatic N) is 3. The number of thiazole rings is 1. The second-order valence-corrected chi connectivity index (χ2v) is 11.0. The van der Waals surface area contributed by atoms with Crippen LogP contribution >= 0.6 is 11.3 Å². The van der Waals surface area contributed by atoms with E-state index in [1.54, 1.807) is 16.4 Å². The molecule has 1 aromatic heterocycles. The number of carbonyl (C=O) groups is 1. The van der Waals surface area contributed by atoms with Gasteiger partial charge in [-0.3, -0.25) is 4.79 Å². The summed E-state index contributed by atoms with van der Waals surface area (Å²) < 4.78 is 36.2. The van der Waals surface area contributed by atoms with Gasteiger partial charge in [-0.1, -0.05) is 29.9 Å². The molecule has 0 spiro atoms. The van der Waals surface area contributed by atoms with Crippen LogP contribution in [0.4, 0.5) is 0 Å². The van der Waals surface area contributed by atoms with Crippen LogP contribution in [0.3, 0.4) is 0 Å². The van der Waals surface area contributed by atoms with Gasteiger partial charge in [0.15, 0.2) is 4.80 Å². The van der Waals surface area contributed by atoms with E-state index in [1.165, 1.54) is 23.5 Å². The highest BCUT2D eigenvalue weighted by Gasteiger charge is 2.30. The van der Waals surface area contributed by atoms with Crippen LogP contribution in [0.15, 0.2) is 58.4 Å². The van der Waals surface area contributed by atoms with Gasteiger partial charge in [0.2, 0.25) is 10.0 Å². The van der Waals surface area contributed by atoms with Crippen molar-refractivity contribution in [1.82, 2.24) is 8.87 Å². The Kier molecular flexibility index (Phi) is 7.43. The Morgan fingerprint density at radius 1 is 1.15 bits per heavy atom. The number of fused-ring (bicyclic) bond motifs is 1. The second kappa shape index (κ2) is 10.3. The Morgan fingerprint density at radius 3 is 2.64 bits per heavy atom. The van der Waals surface area contributed by atoms with Gasteiger partial charge in [-0.25, -0.2) is 8.42 Å². The highest BCUT2D eigenvalue weighted by molar-refractivity contribution is 7.89. The smallest absolute Gasteiger partial charge is 0.279 e. The standard InChI is InChI=1S/C24H29N3O4S2/c1-3-31-17-16-26-21-9-4-5-10-22(21)32-24(26)25-23(28)19-11-13-20(14-12-19)33(29,30)27-15-7-6-8-18(27)2/h4-5,9-14,18H,3,6-8,15-17H2,1-2H3/t18-/m1/s1. The van der Waals surface area contributed by atoms with E-state index >= 15 is 0 Å². The van der Waals surface area contributed by atoms with Gasteiger partial charge >= 0.3 is 0 Å². The van der Waals surface area contributed by atoms with Gasteiger partial charge in [0, 0.05) is 31.3 Å². The summed E-state index contributed by atoms with van der Waals surface area (Å²) >= 11 is 1.45. The zero-order valence-electron chi connectivity index (χ0n) is 18.9. The minimum absolute atomic E-state index is 0.0137. The van der Waals surface area contributed by atoms with Crippen molar-refractivity contribution in [2.75, 3.05) is 19.8 Å². The van der Waals surface area contributed by atoms with E-state index in [2.05, 4.69) is 4.99 Å². The molecule has 2 aromatic carbocycles. The molecule has 1 fully saturated rings. The maximum absolute atomic E-state index is 13.0. The van der Waals surface area contributed by atoms with Crippen LogP contribution in [0.5, 0.6) is 0 Å². The molecule has 0 saturated carbocycles. The first-order chi connectivity index (χ1) is 15.9. The van der Waals surface area contributed by atoms with Crippen LogP contribution in [0, 0.1) is 0 Å². The van der Waals surface area contributed by atoms with Gasteiger partial charge in [0.1, 0.15) is 0 Å². The first-order valence-electron chi connectivity index (χ1n) is 11.3. The molecule has 176 valence electrons. The summed E-state index contributed by atoms with van der Waals surface area (Å²) in [5.74, 6) is -0.401. The minimum atomic E-state index is -3.57. The number of sulfonamides is 1. The van der Waals surface area contributed by atoms with Crippen LogP contribution in [-0.4, -0.2) is 49.0 Å². The zero-order chi connectivity index (χ0) is 23.4. The molecule has 9 heteroatoms. The third-order valence-electron chi connectivity index (χ3n) is 5.90. The Labute approximate surface area is 198 Å². The first kappa shape index (κ1) is 23.8. The summed E-state index contributed by atoms with van der Waals surface area (Å²) in [6.45, 7) is 6.17. The Morgan fingerprint density at radius 2 is 1.91 bits per heavy atom. The lowest BCUT2D eigenvalue weighted by atomic mass is 10.1. The largest absolute Gasteiger partial charge is 0.380 e. The van der Waals surface area contributed by atoms with Gasteiger partial charge in [-0.15, -0.1) is 0 Å². The maximum atomic E-state index is 13.0. The van der Waals surface area contributed by atoms with Crippen LogP contribution in [-0.2, 0) is 21.3 Å². The topological polar surface area (TPSA) is 81.0 Å². The van der Waals surface area contributed by atoms with Crippen LogP contribution < -0.4 is 4.80 Å². The predicted molar refractivity (Wildman–Crippen MR) is 130 cm³/mol. The molecule has 4 rings (SSSR count). The monoisotopic (exact) mass is 487 g/mol. The summed E-state index contributed by atoms with van der Waals surface area (Å²) in [4.78, 5) is 18.1. The summed E-state index contributed by atoms with van der Waals surface area (Å²) in [6.07, 6.45) is 2.79. The van der Waals surface area contributed by atoms with Crippen molar-refractivity contribution in [3.8, 4) is 0 Å². The molecule has 0 bridgehead atoms. The van der Waals surface area contributed by atoms with Gasteiger partial charge in [-0.05, 0) is 63.1 Å². The fourth-order valence-corrected chi connectivity index (χ4v) is 6.86. The van der Waals surface area contributed by atoms with Crippen LogP contribution in [0.1, 0.15) is 43.5 Å². The number of rotatable bonds is 7. The van der Waals surface area contributed by atoms with Crippen LogP contribution in [0.2, 0.25) is 0 Å². The molecule has 33 heavy (non-hydrogen) atoms.